The molecule has 5 nitrogen and oxygen atoms in total. The van der Waals surface area contributed by atoms with Crippen LogP contribution in [0.2, 0.25) is 0 Å². The molecule has 0 spiro atoms. The largest absolute Gasteiger partial charge is 0.375 e. The summed E-state index contributed by atoms with van der Waals surface area (Å²) in [4.78, 5) is 6.53. The van der Waals surface area contributed by atoms with Crippen molar-refractivity contribution in [2.24, 2.45) is 16.1 Å². The van der Waals surface area contributed by atoms with Gasteiger partial charge in [-0.3, -0.25) is 4.99 Å². The first kappa shape index (κ1) is 14.8. The van der Waals surface area contributed by atoms with Gasteiger partial charge in [0, 0.05) is 26.1 Å². The molecule has 2 N–H and O–H groups in total. The lowest BCUT2D eigenvalue weighted by Crippen LogP contribution is -2.48. The minimum absolute atomic E-state index is 0.0260. The second-order valence-electron chi connectivity index (χ2n) is 5.62. The van der Waals surface area contributed by atoms with Gasteiger partial charge >= 0.3 is 0 Å². The quantitative estimate of drug-likeness (QED) is 0.605. The van der Waals surface area contributed by atoms with Crippen molar-refractivity contribution in [2.75, 3.05) is 26.2 Å². The topological polar surface area (TPSA) is 74.6 Å². The number of nitrogens with two attached hydrogens (primary N) is 1. The Morgan fingerprint density at radius 1 is 1.61 bits per heavy atom. The molecular weight excluding hydrogens is 228 g/mol. The standard InChI is InChI=1S/C13H24N4O/c1-11-9-17(7-8-18-11)12(15)16-10-13(2,3)5-4-6-14/h11H,4-5,7-10H2,1-3H3,(H2,15,16). The van der Waals surface area contributed by atoms with E-state index < -0.39 is 0 Å². The molecule has 0 amide bonds. The van der Waals surface area contributed by atoms with Gasteiger partial charge in [0.05, 0.1) is 18.8 Å². The minimum atomic E-state index is 0.0260. The van der Waals surface area contributed by atoms with E-state index in [0.717, 1.165) is 19.5 Å². The van der Waals surface area contributed by atoms with Crippen molar-refractivity contribution < 1.29 is 4.74 Å². The first-order valence-corrected chi connectivity index (χ1v) is 6.48. The predicted octanol–water partition coefficient (Wildman–Crippen LogP) is 1.35. The van der Waals surface area contributed by atoms with Gasteiger partial charge in [-0.25, -0.2) is 0 Å². The Kier molecular flexibility index (Phi) is 5.42. The van der Waals surface area contributed by atoms with E-state index in [9.17, 15) is 0 Å². The fraction of sp³-hybridized carbons (Fsp3) is 0.846. The first-order chi connectivity index (χ1) is 8.44. The van der Waals surface area contributed by atoms with E-state index in [0.29, 0.717) is 25.5 Å². The monoisotopic (exact) mass is 252 g/mol. The summed E-state index contributed by atoms with van der Waals surface area (Å²) in [5.41, 5.74) is 6.03. The molecule has 1 aliphatic heterocycles. The normalized spacial score (nSPS) is 21.8. The summed E-state index contributed by atoms with van der Waals surface area (Å²) in [7, 11) is 0. The van der Waals surface area contributed by atoms with Crippen LogP contribution in [0.25, 0.3) is 0 Å². The second kappa shape index (κ2) is 6.60. The highest BCUT2D eigenvalue weighted by atomic mass is 16.5. The van der Waals surface area contributed by atoms with Gasteiger partial charge in [-0.15, -0.1) is 0 Å². The Morgan fingerprint density at radius 3 is 2.94 bits per heavy atom. The van der Waals surface area contributed by atoms with Gasteiger partial charge in [0.1, 0.15) is 0 Å². The Hall–Kier alpha value is -1.28. The summed E-state index contributed by atoms with van der Waals surface area (Å²) in [5, 5.41) is 8.61. The van der Waals surface area contributed by atoms with Crippen LogP contribution in [-0.2, 0) is 4.74 Å². The highest BCUT2D eigenvalue weighted by molar-refractivity contribution is 5.78. The number of nitriles is 1. The molecule has 1 rings (SSSR count). The maximum Gasteiger partial charge on any atom is 0.191 e. The van der Waals surface area contributed by atoms with Crippen LogP contribution in [0.4, 0.5) is 0 Å². The average molecular weight is 252 g/mol. The fourth-order valence-corrected chi connectivity index (χ4v) is 1.89. The van der Waals surface area contributed by atoms with Crippen LogP contribution in [0.1, 0.15) is 33.6 Å². The molecule has 0 radical (unpaired) electrons. The van der Waals surface area contributed by atoms with E-state index in [1.54, 1.807) is 0 Å². The molecule has 0 bridgehead atoms. The molecule has 0 aromatic heterocycles. The van der Waals surface area contributed by atoms with Gasteiger partial charge in [-0.2, -0.15) is 5.26 Å². The number of aliphatic imine (C=N–C) groups is 1. The van der Waals surface area contributed by atoms with Crippen molar-refractivity contribution in [1.29, 1.82) is 5.26 Å². The number of rotatable bonds is 4. The summed E-state index contributed by atoms with van der Waals surface area (Å²) in [6.45, 7) is 9.23. The van der Waals surface area contributed by atoms with Crippen molar-refractivity contribution in [3.8, 4) is 6.07 Å². The van der Waals surface area contributed by atoms with Gasteiger partial charge in [-0.1, -0.05) is 13.8 Å². The molecule has 102 valence electrons. The van der Waals surface area contributed by atoms with E-state index >= 15 is 0 Å². The Morgan fingerprint density at radius 2 is 2.33 bits per heavy atom. The molecular formula is C13H24N4O. The number of hydrogen-bond acceptors (Lipinski definition) is 3. The van der Waals surface area contributed by atoms with Gasteiger partial charge in [0.25, 0.3) is 0 Å². The zero-order chi connectivity index (χ0) is 13.6. The smallest absolute Gasteiger partial charge is 0.191 e. The van der Waals surface area contributed by atoms with Gasteiger partial charge in [-0.05, 0) is 18.8 Å². The third kappa shape index (κ3) is 4.92. The fourth-order valence-electron chi connectivity index (χ4n) is 1.89. The van der Waals surface area contributed by atoms with Gasteiger partial charge in [0.15, 0.2) is 5.96 Å². The molecule has 0 saturated carbocycles. The van der Waals surface area contributed by atoms with Crippen LogP contribution < -0.4 is 5.73 Å². The van der Waals surface area contributed by atoms with Crippen LogP contribution in [-0.4, -0.2) is 43.2 Å². The maximum absolute atomic E-state index is 8.61. The highest BCUT2D eigenvalue weighted by Crippen LogP contribution is 2.22. The molecule has 1 atom stereocenters. The van der Waals surface area contributed by atoms with Crippen LogP contribution in [0.3, 0.4) is 0 Å². The summed E-state index contributed by atoms with van der Waals surface area (Å²) in [6, 6.07) is 2.17. The van der Waals surface area contributed by atoms with Crippen molar-refractivity contribution in [3.05, 3.63) is 0 Å². The zero-order valence-corrected chi connectivity index (χ0v) is 11.6. The number of nitrogens with zero attached hydrogens (tertiary/aromatic N) is 3. The van der Waals surface area contributed by atoms with Gasteiger partial charge < -0.3 is 15.4 Å². The van der Waals surface area contributed by atoms with E-state index in [1.165, 1.54) is 0 Å². The SMILES string of the molecule is CC1CN(C(N)=NCC(C)(C)CCC#N)CCO1. The summed E-state index contributed by atoms with van der Waals surface area (Å²) >= 11 is 0. The molecule has 1 fully saturated rings. The van der Waals surface area contributed by atoms with Crippen molar-refractivity contribution in [1.82, 2.24) is 4.90 Å². The zero-order valence-electron chi connectivity index (χ0n) is 11.6. The van der Waals surface area contributed by atoms with E-state index in [1.807, 2.05) is 6.92 Å². The lowest BCUT2D eigenvalue weighted by Gasteiger charge is -2.32. The molecule has 18 heavy (non-hydrogen) atoms. The predicted molar refractivity (Wildman–Crippen MR) is 72.1 cm³/mol. The Labute approximate surface area is 110 Å². The molecule has 5 heteroatoms. The van der Waals surface area contributed by atoms with E-state index in [4.69, 9.17) is 15.7 Å². The van der Waals surface area contributed by atoms with Crippen molar-refractivity contribution in [3.63, 3.8) is 0 Å². The van der Waals surface area contributed by atoms with E-state index in [-0.39, 0.29) is 11.5 Å². The third-order valence-electron chi connectivity index (χ3n) is 3.15. The molecule has 1 saturated heterocycles. The number of guanidine groups is 1. The lowest BCUT2D eigenvalue weighted by molar-refractivity contribution is 0.00524. The minimum Gasteiger partial charge on any atom is -0.375 e. The first-order valence-electron chi connectivity index (χ1n) is 6.48. The molecule has 0 aliphatic carbocycles. The number of ether oxygens (including phenoxy) is 1. The van der Waals surface area contributed by atoms with Crippen molar-refractivity contribution >= 4 is 5.96 Å². The Bertz CT molecular complexity index is 332. The maximum atomic E-state index is 8.61. The second-order valence-corrected chi connectivity index (χ2v) is 5.62. The van der Waals surface area contributed by atoms with Gasteiger partial charge in [0.2, 0.25) is 0 Å². The molecule has 0 aromatic carbocycles. The summed E-state index contributed by atoms with van der Waals surface area (Å²) in [5.74, 6) is 0.593. The summed E-state index contributed by atoms with van der Waals surface area (Å²) in [6.07, 6.45) is 1.62. The van der Waals surface area contributed by atoms with Crippen molar-refractivity contribution in [2.45, 2.75) is 39.7 Å². The Balaban J connectivity index is 2.47. The van der Waals surface area contributed by atoms with E-state index in [2.05, 4.69) is 29.8 Å². The molecule has 1 heterocycles. The molecule has 0 aromatic rings. The highest BCUT2D eigenvalue weighted by Gasteiger charge is 2.20. The van der Waals surface area contributed by atoms with Crippen LogP contribution in [0.15, 0.2) is 4.99 Å². The van der Waals surface area contributed by atoms with Crippen LogP contribution >= 0.6 is 0 Å². The van der Waals surface area contributed by atoms with Crippen LogP contribution in [0, 0.1) is 16.7 Å². The number of hydrogen-bond donors (Lipinski definition) is 1. The lowest BCUT2D eigenvalue weighted by atomic mass is 9.88. The number of morpholine rings is 1. The molecule has 1 aliphatic rings. The molecule has 1 unspecified atom stereocenters. The van der Waals surface area contributed by atoms with Crippen LogP contribution in [0.5, 0.6) is 0 Å². The summed E-state index contributed by atoms with van der Waals surface area (Å²) < 4.78 is 5.47. The average Bonchev–Trinajstić information content (AvgIpc) is 2.34. The third-order valence-corrected chi connectivity index (χ3v) is 3.15.